The van der Waals surface area contributed by atoms with Gasteiger partial charge in [-0.25, -0.2) is 4.68 Å². The summed E-state index contributed by atoms with van der Waals surface area (Å²) >= 11 is 1.99. The summed E-state index contributed by atoms with van der Waals surface area (Å²) in [6.45, 7) is 5.03. The van der Waals surface area contributed by atoms with Crippen LogP contribution in [0.3, 0.4) is 0 Å². The molecule has 0 radical (unpaired) electrons. The molecule has 1 heterocycles. The van der Waals surface area contributed by atoms with Crippen LogP contribution < -0.4 is 5.32 Å². The Kier molecular flexibility index (Phi) is 5.00. The van der Waals surface area contributed by atoms with Gasteiger partial charge in [0.25, 0.3) is 0 Å². The summed E-state index contributed by atoms with van der Waals surface area (Å²) < 4.78 is 2.03. The molecule has 0 bridgehead atoms. The van der Waals surface area contributed by atoms with Gasteiger partial charge >= 0.3 is 0 Å². The van der Waals surface area contributed by atoms with E-state index >= 15 is 0 Å². The van der Waals surface area contributed by atoms with Crippen LogP contribution in [-0.2, 0) is 6.54 Å². The van der Waals surface area contributed by atoms with Gasteiger partial charge in [0.15, 0.2) is 5.82 Å². The Bertz CT molecular complexity index is 357. The summed E-state index contributed by atoms with van der Waals surface area (Å²) in [5, 5.41) is 16.4. The summed E-state index contributed by atoms with van der Waals surface area (Å²) in [7, 11) is 0. The van der Waals surface area contributed by atoms with Crippen molar-refractivity contribution in [1.82, 2.24) is 25.5 Å². The molecule has 0 unspecified atom stereocenters. The van der Waals surface area contributed by atoms with Gasteiger partial charge < -0.3 is 5.32 Å². The standard InChI is InChI=1S/C12H23N5S/c1-9(2)13-8-12-14-15-16-17(12)10-4-6-11(18-3)7-5-10/h9-11,13H,4-8H2,1-3H3. The topological polar surface area (TPSA) is 55.6 Å². The quantitative estimate of drug-likeness (QED) is 0.886. The van der Waals surface area contributed by atoms with Crippen LogP contribution in [-0.4, -0.2) is 37.8 Å². The number of aromatic nitrogens is 4. The molecule has 2 rings (SSSR count). The second kappa shape index (κ2) is 6.52. The van der Waals surface area contributed by atoms with Gasteiger partial charge in [-0.15, -0.1) is 5.10 Å². The van der Waals surface area contributed by atoms with E-state index in [1.165, 1.54) is 25.7 Å². The molecule has 0 saturated heterocycles. The van der Waals surface area contributed by atoms with Crippen LogP contribution in [0.1, 0.15) is 51.4 Å². The molecule has 1 aliphatic carbocycles. The highest BCUT2D eigenvalue weighted by atomic mass is 32.2. The van der Waals surface area contributed by atoms with E-state index in [0.717, 1.165) is 17.6 Å². The number of nitrogens with zero attached hydrogens (tertiary/aromatic N) is 4. The first-order chi connectivity index (χ1) is 8.70. The van der Waals surface area contributed by atoms with Gasteiger partial charge in [0.2, 0.25) is 0 Å². The first-order valence-electron chi connectivity index (χ1n) is 6.73. The van der Waals surface area contributed by atoms with Crippen LogP contribution >= 0.6 is 11.8 Å². The number of hydrogen-bond acceptors (Lipinski definition) is 5. The van der Waals surface area contributed by atoms with E-state index in [1.807, 2.05) is 16.4 Å². The number of rotatable bonds is 5. The number of hydrogen-bond donors (Lipinski definition) is 1. The lowest BCUT2D eigenvalue weighted by Crippen LogP contribution is -2.27. The third-order valence-electron chi connectivity index (χ3n) is 3.55. The Balaban J connectivity index is 1.95. The Hall–Kier alpha value is -0.620. The lowest BCUT2D eigenvalue weighted by molar-refractivity contribution is 0.319. The molecule has 102 valence electrons. The molecule has 0 amide bonds. The molecule has 0 atom stereocenters. The highest BCUT2D eigenvalue weighted by Crippen LogP contribution is 2.33. The van der Waals surface area contributed by atoms with Crippen LogP contribution in [0.4, 0.5) is 0 Å². The van der Waals surface area contributed by atoms with E-state index in [1.54, 1.807) is 0 Å². The molecule has 6 heteroatoms. The van der Waals surface area contributed by atoms with Gasteiger partial charge in [0.1, 0.15) is 0 Å². The van der Waals surface area contributed by atoms with Crippen LogP contribution in [0.5, 0.6) is 0 Å². The summed E-state index contributed by atoms with van der Waals surface area (Å²) in [5.41, 5.74) is 0. The average Bonchev–Trinajstić information content (AvgIpc) is 2.85. The SMILES string of the molecule is CSC1CCC(n2nnnc2CNC(C)C)CC1. The largest absolute Gasteiger partial charge is 0.308 e. The molecule has 1 saturated carbocycles. The normalized spacial score (nSPS) is 24.7. The Morgan fingerprint density at radius 1 is 1.33 bits per heavy atom. The van der Waals surface area contributed by atoms with Crippen LogP contribution in [0.2, 0.25) is 0 Å². The van der Waals surface area contributed by atoms with Crippen LogP contribution in [0, 0.1) is 0 Å². The zero-order valence-electron chi connectivity index (χ0n) is 11.5. The molecule has 1 fully saturated rings. The van der Waals surface area contributed by atoms with Crippen molar-refractivity contribution in [2.24, 2.45) is 0 Å². The van der Waals surface area contributed by atoms with Crippen molar-refractivity contribution in [3.05, 3.63) is 5.82 Å². The second-order valence-corrected chi connectivity index (χ2v) is 6.38. The summed E-state index contributed by atoms with van der Waals surface area (Å²) in [4.78, 5) is 0. The summed E-state index contributed by atoms with van der Waals surface area (Å²) in [6.07, 6.45) is 7.17. The zero-order chi connectivity index (χ0) is 13.0. The predicted molar refractivity (Wildman–Crippen MR) is 74.6 cm³/mol. The Labute approximate surface area is 113 Å². The maximum atomic E-state index is 4.18. The number of thioether (sulfide) groups is 1. The fourth-order valence-corrected chi connectivity index (χ4v) is 3.18. The second-order valence-electron chi connectivity index (χ2n) is 5.24. The molecular formula is C12H23N5S. The Morgan fingerprint density at radius 2 is 2.06 bits per heavy atom. The van der Waals surface area contributed by atoms with Crippen molar-refractivity contribution in [3.63, 3.8) is 0 Å². The molecule has 1 aromatic heterocycles. The van der Waals surface area contributed by atoms with E-state index in [-0.39, 0.29) is 0 Å². The monoisotopic (exact) mass is 269 g/mol. The van der Waals surface area contributed by atoms with Crippen molar-refractivity contribution in [3.8, 4) is 0 Å². The molecular weight excluding hydrogens is 246 g/mol. The molecule has 1 aromatic rings. The number of tetrazole rings is 1. The lowest BCUT2D eigenvalue weighted by Gasteiger charge is -2.27. The molecule has 1 aliphatic rings. The van der Waals surface area contributed by atoms with Crippen molar-refractivity contribution < 1.29 is 0 Å². The van der Waals surface area contributed by atoms with Gasteiger partial charge in [-0.1, -0.05) is 13.8 Å². The fourth-order valence-electron chi connectivity index (χ4n) is 2.43. The van der Waals surface area contributed by atoms with Gasteiger partial charge in [-0.05, 0) is 42.4 Å². The molecule has 0 aromatic carbocycles. The van der Waals surface area contributed by atoms with Gasteiger partial charge in [0.05, 0.1) is 12.6 Å². The maximum Gasteiger partial charge on any atom is 0.165 e. The lowest BCUT2D eigenvalue weighted by atomic mass is 9.95. The fraction of sp³-hybridized carbons (Fsp3) is 0.917. The molecule has 0 aliphatic heterocycles. The minimum atomic E-state index is 0.461. The van der Waals surface area contributed by atoms with E-state index in [9.17, 15) is 0 Å². The van der Waals surface area contributed by atoms with Crippen LogP contribution in [0.15, 0.2) is 0 Å². The third kappa shape index (κ3) is 3.45. The number of nitrogens with one attached hydrogen (secondary N) is 1. The molecule has 1 N–H and O–H groups in total. The third-order valence-corrected chi connectivity index (χ3v) is 4.69. The first kappa shape index (κ1) is 13.8. The minimum absolute atomic E-state index is 0.461. The molecule has 5 nitrogen and oxygen atoms in total. The highest BCUT2D eigenvalue weighted by molar-refractivity contribution is 7.99. The van der Waals surface area contributed by atoms with Crippen molar-refractivity contribution in [1.29, 1.82) is 0 Å². The Morgan fingerprint density at radius 3 is 2.67 bits per heavy atom. The first-order valence-corrected chi connectivity index (χ1v) is 8.02. The summed E-state index contributed by atoms with van der Waals surface area (Å²) in [5.74, 6) is 0.969. The van der Waals surface area contributed by atoms with Gasteiger partial charge in [-0.3, -0.25) is 0 Å². The van der Waals surface area contributed by atoms with Crippen molar-refractivity contribution >= 4 is 11.8 Å². The van der Waals surface area contributed by atoms with Crippen molar-refractivity contribution in [2.75, 3.05) is 6.26 Å². The zero-order valence-corrected chi connectivity index (χ0v) is 12.3. The van der Waals surface area contributed by atoms with Gasteiger partial charge in [-0.2, -0.15) is 11.8 Å². The van der Waals surface area contributed by atoms with E-state index < -0.39 is 0 Å². The average molecular weight is 269 g/mol. The van der Waals surface area contributed by atoms with Crippen LogP contribution in [0.25, 0.3) is 0 Å². The molecule has 18 heavy (non-hydrogen) atoms. The molecule has 0 spiro atoms. The minimum Gasteiger partial charge on any atom is -0.308 e. The van der Waals surface area contributed by atoms with E-state index in [0.29, 0.717) is 12.1 Å². The van der Waals surface area contributed by atoms with Gasteiger partial charge in [0, 0.05) is 11.3 Å². The van der Waals surface area contributed by atoms with Crippen molar-refractivity contribution in [2.45, 2.75) is 63.4 Å². The van der Waals surface area contributed by atoms with E-state index in [2.05, 4.69) is 40.9 Å². The predicted octanol–water partition coefficient (Wildman–Crippen LogP) is 2.02. The maximum absolute atomic E-state index is 4.18. The highest BCUT2D eigenvalue weighted by Gasteiger charge is 2.24. The summed E-state index contributed by atoms with van der Waals surface area (Å²) in [6, 6.07) is 0.953. The smallest absolute Gasteiger partial charge is 0.165 e. The van der Waals surface area contributed by atoms with E-state index in [4.69, 9.17) is 0 Å².